The second-order valence-corrected chi connectivity index (χ2v) is 12.2. The smallest absolute Gasteiger partial charge is 0.244 e. The third-order valence-electron chi connectivity index (χ3n) is 6.65. The van der Waals surface area contributed by atoms with E-state index in [2.05, 4.69) is 5.32 Å². The Morgan fingerprint density at radius 3 is 2.23 bits per heavy atom. The summed E-state index contributed by atoms with van der Waals surface area (Å²) in [7, 11) is -3.90. The van der Waals surface area contributed by atoms with Gasteiger partial charge in [-0.05, 0) is 67.3 Å². The molecule has 0 bridgehead atoms. The minimum absolute atomic E-state index is 0.0261. The van der Waals surface area contributed by atoms with Gasteiger partial charge in [0.1, 0.15) is 18.4 Å². The number of halogens is 2. The third kappa shape index (κ3) is 8.53. The van der Waals surface area contributed by atoms with Gasteiger partial charge in [0, 0.05) is 24.0 Å². The average Bonchev–Trinajstić information content (AvgIpc) is 2.90. The number of carbonyl (C=O) groups is 2. The molecule has 40 heavy (non-hydrogen) atoms. The maximum Gasteiger partial charge on any atom is 0.244 e. The van der Waals surface area contributed by atoms with Crippen LogP contribution in [0.3, 0.4) is 0 Å². The molecule has 0 saturated heterocycles. The lowest BCUT2D eigenvalue weighted by molar-refractivity contribution is -0.140. The fourth-order valence-corrected chi connectivity index (χ4v) is 5.41. The molecule has 214 valence electrons. The lowest BCUT2D eigenvalue weighted by Crippen LogP contribution is -2.54. The van der Waals surface area contributed by atoms with Gasteiger partial charge in [-0.1, -0.05) is 61.0 Å². The van der Waals surface area contributed by atoms with E-state index in [-0.39, 0.29) is 24.9 Å². The molecule has 0 unspecified atom stereocenters. The Morgan fingerprint density at radius 1 is 1.00 bits per heavy atom. The number of nitrogens with zero attached hydrogens (tertiary/aromatic N) is 2. The number of anilines is 1. The quantitative estimate of drug-likeness (QED) is 0.319. The number of amides is 2. The molecule has 0 radical (unpaired) electrons. The molecule has 0 aromatic heterocycles. The zero-order valence-electron chi connectivity index (χ0n) is 23.1. The molecule has 1 N–H and O–H groups in total. The van der Waals surface area contributed by atoms with Gasteiger partial charge in [0.2, 0.25) is 21.8 Å². The van der Waals surface area contributed by atoms with E-state index in [1.165, 1.54) is 17.0 Å². The fraction of sp³-hybridized carbons (Fsp3) is 0.333. The Balaban J connectivity index is 2.07. The minimum atomic E-state index is -3.90. The highest BCUT2D eigenvalue weighted by atomic mass is 35.5. The number of aryl methyl sites for hydroxylation is 1. The maximum atomic E-state index is 14.1. The van der Waals surface area contributed by atoms with Gasteiger partial charge in [0.25, 0.3) is 0 Å². The van der Waals surface area contributed by atoms with Crippen LogP contribution < -0.4 is 9.62 Å². The Hall–Kier alpha value is -3.43. The first-order chi connectivity index (χ1) is 18.9. The van der Waals surface area contributed by atoms with E-state index in [9.17, 15) is 22.4 Å². The van der Waals surface area contributed by atoms with E-state index in [1.807, 2.05) is 44.2 Å². The molecule has 3 rings (SSSR count). The van der Waals surface area contributed by atoms with E-state index in [0.29, 0.717) is 28.3 Å². The van der Waals surface area contributed by atoms with Gasteiger partial charge in [-0.2, -0.15) is 0 Å². The molecule has 2 atom stereocenters. The summed E-state index contributed by atoms with van der Waals surface area (Å²) in [5.74, 6) is -1.37. The van der Waals surface area contributed by atoms with Crippen molar-refractivity contribution in [2.75, 3.05) is 17.1 Å². The molecule has 0 spiro atoms. The third-order valence-corrected chi connectivity index (χ3v) is 8.01. The molecule has 10 heteroatoms. The molecule has 0 aliphatic heterocycles. The molecule has 0 heterocycles. The zero-order valence-corrected chi connectivity index (χ0v) is 24.7. The van der Waals surface area contributed by atoms with Crippen molar-refractivity contribution >= 4 is 39.1 Å². The highest BCUT2D eigenvalue weighted by Crippen LogP contribution is 2.26. The minimum Gasteiger partial charge on any atom is -0.352 e. The maximum absolute atomic E-state index is 14.1. The molecule has 0 aliphatic rings. The molecule has 3 aromatic rings. The van der Waals surface area contributed by atoms with Crippen LogP contribution in [0.2, 0.25) is 5.02 Å². The lowest BCUT2D eigenvalue weighted by atomic mass is 10.0. The summed E-state index contributed by atoms with van der Waals surface area (Å²) in [5.41, 5.74) is 2.31. The van der Waals surface area contributed by atoms with Crippen molar-refractivity contribution in [3.05, 3.63) is 100 Å². The van der Waals surface area contributed by atoms with Crippen LogP contribution in [0, 0.1) is 12.7 Å². The number of hydrogen-bond donors (Lipinski definition) is 1. The van der Waals surface area contributed by atoms with Crippen molar-refractivity contribution in [3.8, 4) is 0 Å². The van der Waals surface area contributed by atoms with Crippen LogP contribution in [0.5, 0.6) is 0 Å². The zero-order chi connectivity index (χ0) is 29.4. The highest BCUT2D eigenvalue weighted by molar-refractivity contribution is 7.92. The van der Waals surface area contributed by atoms with Crippen LogP contribution >= 0.6 is 11.6 Å². The predicted octanol–water partition coefficient (Wildman–Crippen LogP) is 5.11. The second kappa shape index (κ2) is 13.8. The Bertz CT molecular complexity index is 1420. The van der Waals surface area contributed by atoms with E-state index >= 15 is 0 Å². The number of sulfonamides is 1. The number of hydrogen-bond acceptors (Lipinski definition) is 4. The number of benzene rings is 3. The van der Waals surface area contributed by atoms with Gasteiger partial charge in [0.05, 0.1) is 11.9 Å². The molecule has 0 fully saturated rings. The predicted molar refractivity (Wildman–Crippen MR) is 157 cm³/mol. The summed E-state index contributed by atoms with van der Waals surface area (Å²) in [6.07, 6.45) is 1.91. The number of nitrogens with one attached hydrogen (secondary N) is 1. The van der Waals surface area contributed by atoms with Crippen molar-refractivity contribution in [2.24, 2.45) is 0 Å². The summed E-state index contributed by atoms with van der Waals surface area (Å²) in [5, 5.41) is 3.41. The molecule has 0 aliphatic carbocycles. The Morgan fingerprint density at radius 2 is 1.65 bits per heavy atom. The van der Waals surface area contributed by atoms with Gasteiger partial charge in [0.15, 0.2) is 0 Å². The van der Waals surface area contributed by atoms with Crippen molar-refractivity contribution in [1.82, 2.24) is 10.2 Å². The summed E-state index contributed by atoms with van der Waals surface area (Å²) in [4.78, 5) is 29.1. The normalized spacial score (nSPS) is 12.8. The molecule has 3 aromatic carbocycles. The largest absolute Gasteiger partial charge is 0.352 e. The van der Waals surface area contributed by atoms with Crippen molar-refractivity contribution in [3.63, 3.8) is 0 Å². The standard InChI is InChI=1S/C30H35ClFN3O4S/c1-5-22(3)33-30(37)28(18-23-9-7-6-8-10-23)34(19-24-11-14-26(32)15-12-24)29(36)20-35(40(4,38)39)27-16-13-25(31)17-21(27)2/h6-17,22,28H,5,18-20H2,1-4H3,(H,33,37)/t22-,28+/m1/s1. The number of rotatable bonds is 12. The Labute approximate surface area is 241 Å². The molecular formula is C30H35ClFN3O4S. The van der Waals surface area contributed by atoms with Gasteiger partial charge >= 0.3 is 0 Å². The van der Waals surface area contributed by atoms with E-state index < -0.39 is 34.3 Å². The van der Waals surface area contributed by atoms with Gasteiger partial charge in [-0.3, -0.25) is 13.9 Å². The fourth-order valence-electron chi connectivity index (χ4n) is 4.28. The SMILES string of the molecule is CC[C@@H](C)NC(=O)[C@H](Cc1ccccc1)N(Cc1ccc(F)cc1)C(=O)CN(c1ccc(Cl)cc1C)S(C)(=O)=O. The summed E-state index contributed by atoms with van der Waals surface area (Å²) in [6.45, 7) is 4.96. The van der Waals surface area contributed by atoms with Gasteiger partial charge in [-0.25, -0.2) is 12.8 Å². The van der Waals surface area contributed by atoms with Crippen LogP contribution in [0.1, 0.15) is 37.0 Å². The van der Waals surface area contributed by atoms with E-state index in [4.69, 9.17) is 11.6 Å². The van der Waals surface area contributed by atoms with E-state index in [0.717, 1.165) is 16.1 Å². The van der Waals surface area contributed by atoms with Crippen molar-refractivity contribution in [2.45, 2.75) is 52.2 Å². The summed E-state index contributed by atoms with van der Waals surface area (Å²) >= 11 is 6.09. The van der Waals surface area contributed by atoms with Crippen LogP contribution in [-0.4, -0.2) is 50.0 Å². The second-order valence-electron chi connectivity index (χ2n) is 9.87. The Kier molecular flexibility index (Phi) is 10.7. The van der Waals surface area contributed by atoms with Crippen LogP contribution in [-0.2, 0) is 32.6 Å². The molecule has 2 amide bonds. The molecule has 7 nitrogen and oxygen atoms in total. The van der Waals surface area contributed by atoms with Crippen LogP contribution in [0.25, 0.3) is 0 Å². The summed E-state index contributed by atoms with van der Waals surface area (Å²) in [6, 6.07) is 18.6. The van der Waals surface area contributed by atoms with E-state index in [1.54, 1.807) is 37.3 Å². The topological polar surface area (TPSA) is 86.8 Å². The first-order valence-corrected chi connectivity index (χ1v) is 15.2. The number of carbonyl (C=O) groups excluding carboxylic acids is 2. The highest BCUT2D eigenvalue weighted by Gasteiger charge is 2.33. The first kappa shape index (κ1) is 31.1. The molecule has 0 saturated carbocycles. The monoisotopic (exact) mass is 587 g/mol. The van der Waals surface area contributed by atoms with Gasteiger partial charge in [-0.15, -0.1) is 0 Å². The van der Waals surface area contributed by atoms with Crippen LogP contribution in [0.4, 0.5) is 10.1 Å². The van der Waals surface area contributed by atoms with Crippen molar-refractivity contribution < 1.29 is 22.4 Å². The van der Waals surface area contributed by atoms with Gasteiger partial charge < -0.3 is 10.2 Å². The average molecular weight is 588 g/mol. The first-order valence-electron chi connectivity index (χ1n) is 13.0. The molecular weight excluding hydrogens is 553 g/mol. The lowest BCUT2D eigenvalue weighted by Gasteiger charge is -2.34. The van der Waals surface area contributed by atoms with Crippen LogP contribution in [0.15, 0.2) is 72.8 Å². The van der Waals surface area contributed by atoms with Crippen molar-refractivity contribution in [1.29, 1.82) is 0 Å². The summed E-state index contributed by atoms with van der Waals surface area (Å²) < 4.78 is 40.5.